The molecule has 11 heteroatoms. The highest BCUT2D eigenvalue weighted by Gasteiger charge is 2.44. The predicted octanol–water partition coefficient (Wildman–Crippen LogP) is 7.68. The Morgan fingerprint density at radius 3 is 1.47 bits per heavy atom. The molecule has 0 spiro atoms. The number of aliphatic hydroxyl groups excluding tert-OH is 6. The summed E-state index contributed by atoms with van der Waals surface area (Å²) in [7, 11) is 0. The van der Waals surface area contributed by atoms with Gasteiger partial charge in [-0.05, 0) is 51.7 Å². The van der Waals surface area contributed by atoms with Crippen molar-refractivity contribution >= 4 is 5.91 Å². The van der Waals surface area contributed by atoms with Gasteiger partial charge in [0.05, 0.1) is 25.4 Å². The van der Waals surface area contributed by atoms with Crippen LogP contribution in [0.5, 0.6) is 0 Å². The van der Waals surface area contributed by atoms with Gasteiger partial charge in [-0.2, -0.15) is 0 Å². The maximum atomic E-state index is 13.1. The van der Waals surface area contributed by atoms with Crippen molar-refractivity contribution in [2.75, 3.05) is 32.8 Å². The van der Waals surface area contributed by atoms with Crippen molar-refractivity contribution in [3.05, 3.63) is 0 Å². The van der Waals surface area contributed by atoms with Crippen molar-refractivity contribution < 1.29 is 44.9 Å². The number of carbonyl (C=O) groups is 1. The molecule has 1 rings (SSSR count). The molecule has 1 amide bonds. The molecule has 0 bridgehead atoms. The molecule has 0 aromatic carbocycles. The number of nitrogens with one attached hydrogen (secondary N) is 1. The lowest BCUT2D eigenvalue weighted by Gasteiger charge is -2.40. The first kappa shape index (κ1) is 54.1. The second-order valence-electron chi connectivity index (χ2n) is 17.1. The number of rotatable bonds is 40. The summed E-state index contributed by atoms with van der Waals surface area (Å²) >= 11 is 0. The van der Waals surface area contributed by atoms with Crippen LogP contribution in [0.1, 0.15) is 207 Å². The Balaban J connectivity index is 2.55. The molecule has 1 saturated heterocycles. The van der Waals surface area contributed by atoms with Crippen LogP contribution in [0.4, 0.5) is 0 Å². The molecule has 1 heterocycles. The monoisotopic (exact) mass is 817 g/mol. The molecule has 7 N–H and O–H groups in total. The molecule has 8 unspecified atom stereocenters. The normalized spacial score (nSPS) is 21.5. The van der Waals surface area contributed by atoms with Crippen LogP contribution in [0.2, 0.25) is 0 Å². The minimum absolute atomic E-state index is 0.258. The third-order valence-corrected chi connectivity index (χ3v) is 11.8. The van der Waals surface area contributed by atoms with Crippen LogP contribution in [-0.2, 0) is 14.3 Å². The summed E-state index contributed by atoms with van der Waals surface area (Å²) in [5.74, 6) is -0.258. The Kier molecular flexibility index (Phi) is 35.1. The number of nitrogens with zero attached hydrogens (tertiary/aromatic N) is 1. The number of hydrogen-bond acceptors (Lipinski definition) is 10. The van der Waals surface area contributed by atoms with Gasteiger partial charge in [-0.1, -0.05) is 168 Å². The van der Waals surface area contributed by atoms with Gasteiger partial charge in [0.1, 0.15) is 30.5 Å². The minimum Gasteiger partial charge on any atom is -0.394 e. The largest absolute Gasteiger partial charge is 0.394 e. The molecule has 0 aromatic heterocycles. The summed E-state index contributed by atoms with van der Waals surface area (Å²) in [5.41, 5.74) is 0. The smallest absolute Gasteiger partial charge is 0.220 e. The standard InChI is InChI=1S/C46H92N2O9/c1-4-7-10-13-14-15-16-17-18-19-21-26-31-39(50)42(52)38(37-56-46-45(55)44(54)43(53)40(36-49)57-46)47-41(51)32-27-22-20-25-30-35-48(33-28-23-11-8-5-2)34-29-24-12-9-6-3/h38-40,42-46,49-50,52-55H,4-37H2,1-3H3,(H,47,51). The summed E-state index contributed by atoms with van der Waals surface area (Å²) in [5, 5.41) is 65.4. The second kappa shape index (κ2) is 36.9. The molecule has 57 heavy (non-hydrogen) atoms. The van der Waals surface area contributed by atoms with Gasteiger partial charge >= 0.3 is 0 Å². The van der Waals surface area contributed by atoms with E-state index in [-0.39, 0.29) is 18.9 Å². The molecule has 11 nitrogen and oxygen atoms in total. The van der Waals surface area contributed by atoms with Gasteiger partial charge in [-0.3, -0.25) is 4.79 Å². The summed E-state index contributed by atoms with van der Waals surface area (Å²) in [6.45, 7) is 9.38. The molecule has 0 radical (unpaired) electrons. The van der Waals surface area contributed by atoms with Gasteiger partial charge < -0.3 is 50.3 Å². The number of amides is 1. The van der Waals surface area contributed by atoms with Crippen molar-refractivity contribution in [3.63, 3.8) is 0 Å². The SMILES string of the molecule is CCCCCCCCCCCCCCC(O)C(O)C(COC1OC(CO)C(O)C(O)C1O)NC(=O)CCCCCCCN(CCCCCCC)CCCCCCC. The third-order valence-electron chi connectivity index (χ3n) is 11.8. The van der Waals surface area contributed by atoms with E-state index in [1.165, 1.54) is 129 Å². The van der Waals surface area contributed by atoms with E-state index in [1.807, 2.05) is 0 Å². The van der Waals surface area contributed by atoms with E-state index < -0.39 is 55.6 Å². The van der Waals surface area contributed by atoms with E-state index in [0.29, 0.717) is 12.8 Å². The fourth-order valence-electron chi connectivity index (χ4n) is 7.91. The maximum absolute atomic E-state index is 13.1. The summed E-state index contributed by atoms with van der Waals surface area (Å²) in [4.78, 5) is 15.8. The highest BCUT2D eigenvalue weighted by atomic mass is 16.7. The quantitative estimate of drug-likeness (QED) is 0.0304. The van der Waals surface area contributed by atoms with E-state index in [1.54, 1.807) is 0 Å². The van der Waals surface area contributed by atoms with Gasteiger partial charge in [0, 0.05) is 6.42 Å². The molecule has 1 aliphatic rings. The van der Waals surface area contributed by atoms with Gasteiger partial charge in [0.2, 0.25) is 5.91 Å². The summed E-state index contributed by atoms with van der Waals surface area (Å²) < 4.78 is 11.2. The van der Waals surface area contributed by atoms with Crippen LogP contribution in [0.15, 0.2) is 0 Å². The first-order valence-corrected chi connectivity index (χ1v) is 24.0. The fraction of sp³-hybridized carbons (Fsp3) is 0.978. The van der Waals surface area contributed by atoms with Crippen LogP contribution in [-0.4, -0.2) is 123 Å². The highest BCUT2D eigenvalue weighted by molar-refractivity contribution is 5.76. The maximum Gasteiger partial charge on any atom is 0.220 e. The Bertz CT molecular complexity index is 886. The van der Waals surface area contributed by atoms with Crippen molar-refractivity contribution in [1.82, 2.24) is 10.2 Å². The average Bonchev–Trinajstić information content (AvgIpc) is 3.21. The average molecular weight is 817 g/mol. The van der Waals surface area contributed by atoms with Crippen molar-refractivity contribution in [3.8, 4) is 0 Å². The minimum atomic E-state index is -1.61. The zero-order chi connectivity index (χ0) is 41.9. The number of hydrogen-bond donors (Lipinski definition) is 7. The van der Waals surface area contributed by atoms with E-state index in [0.717, 1.165) is 57.9 Å². The van der Waals surface area contributed by atoms with Gasteiger partial charge in [0.25, 0.3) is 0 Å². The van der Waals surface area contributed by atoms with Crippen LogP contribution in [0.3, 0.4) is 0 Å². The molecule has 1 fully saturated rings. The Morgan fingerprint density at radius 1 is 0.596 bits per heavy atom. The zero-order valence-corrected chi connectivity index (χ0v) is 37.0. The topological polar surface area (TPSA) is 172 Å². The fourth-order valence-corrected chi connectivity index (χ4v) is 7.91. The molecule has 8 atom stereocenters. The lowest BCUT2D eigenvalue weighted by atomic mass is 9.98. The number of unbranched alkanes of at least 4 members (excludes halogenated alkanes) is 23. The van der Waals surface area contributed by atoms with Gasteiger partial charge in [0.15, 0.2) is 6.29 Å². The van der Waals surface area contributed by atoms with E-state index in [4.69, 9.17) is 9.47 Å². The van der Waals surface area contributed by atoms with Crippen LogP contribution >= 0.6 is 0 Å². The Labute approximate surface area is 349 Å². The van der Waals surface area contributed by atoms with E-state index >= 15 is 0 Å². The molecular weight excluding hydrogens is 725 g/mol. The first-order chi connectivity index (χ1) is 27.7. The highest BCUT2D eigenvalue weighted by Crippen LogP contribution is 2.23. The molecule has 0 aliphatic carbocycles. The molecule has 1 aliphatic heterocycles. The van der Waals surface area contributed by atoms with E-state index in [2.05, 4.69) is 31.0 Å². The number of aliphatic hydroxyl groups is 6. The molecule has 0 saturated carbocycles. The third kappa shape index (κ3) is 26.8. The summed E-state index contributed by atoms with van der Waals surface area (Å²) in [6.07, 6.45) is 23.3. The van der Waals surface area contributed by atoms with E-state index in [9.17, 15) is 35.4 Å². The lowest BCUT2D eigenvalue weighted by molar-refractivity contribution is -0.303. The predicted molar refractivity (Wildman–Crippen MR) is 231 cm³/mol. The lowest BCUT2D eigenvalue weighted by Crippen LogP contribution is -2.60. The van der Waals surface area contributed by atoms with Crippen molar-refractivity contribution in [1.29, 1.82) is 0 Å². The van der Waals surface area contributed by atoms with Gasteiger partial charge in [-0.15, -0.1) is 0 Å². The summed E-state index contributed by atoms with van der Waals surface area (Å²) in [6, 6.07) is -0.993. The number of ether oxygens (including phenoxy) is 2. The van der Waals surface area contributed by atoms with Crippen LogP contribution in [0, 0.1) is 0 Å². The van der Waals surface area contributed by atoms with Crippen molar-refractivity contribution in [2.24, 2.45) is 0 Å². The Hall–Kier alpha value is -0.890. The molecular formula is C46H92N2O9. The molecule has 0 aromatic rings. The Morgan fingerprint density at radius 2 is 1.02 bits per heavy atom. The first-order valence-electron chi connectivity index (χ1n) is 24.0. The van der Waals surface area contributed by atoms with Gasteiger partial charge in [-0.25, -0.2) is 0 Å². The van der Waals surface area contributed by atoms with Crippen LogP contribution < -0.4 is 5.32 Å². The zero-order valence-electron chi connectivity index (χ0n) is 37.0. The van der Waals surface area contributed by atoms with Crippen LogP contribution in [0.25, 0.3) is 0 Å². The van der Waals surface area contributed by atoms with Crippen molar-refractivity contribution in [2.45, 2.75) is 256 Å². The molecule has 340 valence electrons. The number of carbonyl (C=O) groups excluding carboxylic acids is 1. The second-order valence-corrected chi connectivity index (χ2v) is 17.1.